The van der Waals surface area contributed by atoms with Gasteiger partial charge in [-0.2, -0.15) is 0 Å². The first kappa shape index (κ1) is 12.7. The zero-order valence-electron chi connectivity index (χ0n) is 9.98. The predicted molar refractivity (Wildman–Crippen MR) is 71.8 cm³/mol. The highest BCUT2D eigenvalue weighted by Gasteiger charge is 2.07. The van der Waals surface area contributed by atoms with Crippen molar-refractivity contribution in [2.24, 2.45) is 0 Å². The summed E-state index contributed by atoms with van der Waals surface area (Å²) in [6.07, 6.45) is 0.719. The molecule has 0 bridgehead atoms. The molecule has 0 amide bonds. The molecule has 4 nitrogen and oxygen atoms in total. The molecule has 0 radical (unpaired) electrons. The lowest BCUT2D eigenvalue weighted by atomic mass is 10.2. The molecule has 2 rings (SSSR count). The van der Waals surface area contributed by atoms with Crippen LogP contribution in [0.1, 0.15) is 16.2 Å². The minimum Gasteiger partial charge on any atom is -0.496 e. The third-order valence-electron chi connectivity index (χ3n) is 2.40. The summed E-state index contributed by atoms with van der Waals surface area (Å²) in [4.78, 5) is 19.3. The number of aryl methyl sites for hydroxylation is 1. The fourth-order valence-corrected chi connectivity index (χ4v) is 2.13. The zero-order valence-corrected chi connectivity index (χ0v) is 11.6. The molecule has 5 heteroatoms. The number of carbonyl (C=O) groups excluding carboxylic acids is 1. The summed E-state index contributed by atoms with van der Waals surface area (Å²) >= 11 is 3.41. The van der Waals surface area contributed by atoms with Crippen LogP contribution in [0, 0.1) is 6.92 Å². The predicted octanol–water partition coefficient (Wildman–Crippen LogP) is 3.04. The Bertz CT molecular complexity index is 600. The van der Waals surface area contributed by atoms with E-state index in [2.05, 4.69) is 25.9 Å². The Labute approximate surface area is 113 Å². The van der Waals surface area contributed by atoms with E-state index in [1.165, 1.54) is 0 Å². The molecule has 0 N–H and O–H groups in total. The number of methoxy groups -OCH3 is 1. The smallest absolute Gasteiger partial charge is 0.168 e. The average molecular weight is 307 g/mol. The Hall–Kier alpha value is -1.75. The molecule has 92 valence electrons. The topological polar surface area (TPSA) is 52.1 Å². The Morgan fingerprint density at radius 1 is 1.28 bits per heavy atom. The number of carbonyl (C=O) groups is 1. The molecule has 0 spiro atoms. The molecule has 2 aromatic rings. The number of nitrogens with zero attached hydrogens (tertiary/aromatic N) is 2. The highest BCUT2D eigenvalue weighted by atomic mass is 79.9. The second-order valence-electron chi connectivity index (χ2n) is 3.72. The van der Waals surface area contributed by atoms with Gasteiger partial charge in [0.25, 0.3) is 0 Å². The summed E-state index contributed by atoms with van der Waals surface area (Å²) in [5, 5.41) is 0. The lowest BCUT2D eigenvalue weighted by Crippen LogP contribution is -1.97. The van der Waals surface area contributed by atoms with Gasteiger partial charge in [-0.3, -0.25) is 4.79 Å². The molecule has 1 heterocycles. The SMILES string of the molecule is COc1ccc(-c2nc(C)cc(C=O)n2)cc1Br. The fourth-order valence-electron chi connectivity index (χ4n) is 1.59. The Balaban J connectivity index is 2.51. The van der Waals surface area contributed by atoms with E-state index in [4.69, 9.17) is 4.74 Å². The minimum atomic E-state index is 0.379. The highest BCUT2D eigenvalue weighted by Crippen LogP contribution is 2.29. The van der Waals surface area contributed by atoms with Gasteiger partial charge in [-0.1, -0.05) is 0 Å². The van der Waals surface area contributed by atoms with Gasteiger partial charge in [0.15, 0.2) is 12.1 Å². The molecule has 0 atom stereocenters. The number of hydrogen-bond acceptors (Lipinski definition) is 4. The lowest BCUT2D eigenvalue weighted by Gasteiger charge is -2.06. The van der Waals surface area contributed by atoms with E-state index in [0.717, 1.165) is 27.8 Å². The summed E-state index contributed by atoms with van der Waals surface area (Å²) in [5.41, 5.74) is 1.97. The van der Waals surface area contributed by atoms with E-state index in [1.807, 2.05) is 25.1 Å². The third kappa shape index (κ3) is 2.56. The van der Waals surface area contributed by atoms with Crippen molar-refractivity contribution in [2.75, 3.05) is 7.11 Å². The standard InChI is InChI=1S/C13H11BrN2O2/c1-8-5-10(7-17)16-13(15-8)9-3-4-12(18-2)11(14)6-9/h3-7H,1-2H3. The van der Waals surface area contributed by atoms with Crippen LogP contribution in [0.5, 0.6) is 5.75 Å². The van der Waals surface area contributed by atoms with Crippen molar-refractivity contribution >= 4 is 22.2 Å². The number of hydrogen-bond donors (Lipinski definition) is 0. The summed E-state index contributed by atoms with van der Waals surface area (Å²) in [6, 6.07) is 7.19. The third-order valence-corrected chi connectivity index (χ3v) is 3.02. The van der Waals surface area contributed by atoms with Gasteiger partial charge in [0.2, 0.25) is 0 Å². The first-order chi connectivity index (χ1) is 8.63. The molecule has 0 aliphatic heterocycles. The summed E-state index contributed by atoms with van der Waals surface area (Å²) in [7, 11) is 1.60. The Kier molecular flexibility index (Phi) is 3.72. The van der Waals surface area contributed by atoms with Gasteiger partial charge in [-0.15, -0.1) is 0 Å². The number of halogens is 1. The summed E-state index contributed by atoms with van der Waals surface area (Å²) < 4.78 is 5.98. The second kappa shape index (κ2) is 5.27. The van der Waals surface area contributed by atoms with Gasteiger partial charge >= 0.3 is 0 Å². The minimum absolute atomic E-state index is 0.379. The molecule has 18 heavy (non-hydrogen) atoms. The number of ether oxygens (including phenoxy) is 1. The van der Waals surface area contributed by atoms with Crippen LogP contribution in [-0.4, -0.2) is 23.4 Å². The molecule has 0 fully saturated rings. The maximum atomic E-state index is 10.8. The van der Waals surface area contributed by atoms with E-state index in [1.54, 1.807) is 13.2 Å². The van der Waals surface area contributed by atoms with Crippen LogP contribution in [0.15, 0.2) is 28.7 Å². The van der Waals surface area contributed by atoms with Crippen molar-refractivity contribution in [3.8, 4) is 17.1 Å². The second-order valence-corrected chi connectivity index (χ2v) is 4.58. The van der Waals surface area contributed by atoms with Crippen LogP contribution in [-0.2, 0) is 0 Å². The molecule has 1 aromatic carbocycles. The zero-order chi connectivity index (χ0) is 13.1. The number of benzene rings is 1. The van der Waals surface area contributed by atoms with Gasteiger partial charge in [-0.25, -0.2) is 9.97 Å². The average Bonchev–Trinajstić information content (AvgIpc) is 2.37. The van der Waals surface area contributed by atoms with Gasteiger partial charge in [0, 0.05) is 11.3 Å². The van der Waals surface area contributed by atoms with Crippen LogP contribution in [0.25, 0.3) is 11.4 Å². The van der Waals surface area contributed by atoms with E-state index < -0.39 is 0 Å². The monoisotopic (exact) mass is 306 g/mol. The lowest BCUT2D eigenvalue weighted by molar-refractivity contribution is 0.111. The van der Waals surface area contributed by atoms with Gasteiger partial charge in [-0.05, 0) is 47.1 Å². The quantitative estimate of drug-likeness (QED) is 0.818. The first-order valence-corrected chi connectivity index (χ1v) is 6.08. The largest absolute Gasteiger partial charge is 0.496 e. The first-order valence-electron chi connectivity index (χ1n) is 5.29. The van der Waals surface area contributed by atoms with E-state index in [-0.39, 0.29) is 0 Å². The normalized spacial score (nSPS) is 10.2. The number of aromatic nitrogens is 2. The highest BCUT2D eigenvalue weighted by molar-refractivity contribution is 9.10. The van der Waals surface area contributed by atoms with Crippen LogP contribution in [0.4, 0.5) is 0 Å². The molecule has 0 aliphatic rings. The fraction of sp³-hybridized carbons (Fsp3) is 0.154. The maximum absolute atomic E-state index is 10.8. The van der Waals surface area contributed by atoms with Crippen molar-refractivity contribution in [1.82, 2.24) is 9.97 Å². The van der Waals surface area contributed by atoms with E-state index in [0.29, 0.717) is 11.5 Å². The van der Waals surface area contributed by atoms with Gasteiger partial charge in [0.1, 0.15) is 11.4 Å². The van der Waals surface area contributed by atoms with Crippen molar-refractivity contribution in [2.45, 2.75) is 6.92 Å². The van der Waals surface area contributed by atoms with Crippen LogP contribution in [0.3, 0.4) is 0 Å². The molecular formula is C13H11BrN2O2. The number of rotatable bonds is 3. The molecule has 0 saturated heterocycles. The summed E-state index contributed by atoms with van der Waals surface area (Å²) in [6.45, 7) is 1.83. The van der Waals surface area contributed by atoms with E-state index in [9.17, 15) is 4.79 Å². The molecule has 0 saturated carbocycles. The maximum Gasteiger partial charge on any atom is 0.168 e. The van der Waals surface area contributed by atoms with Gasteiger partial charge < -0.3 is 4.74 Å². The summed E-state index contributed by atoms with van der Waals surface area (Å²) in [5.74, 6) is 1.27. The van der Waals surface area contributed by atoms with E-state index >= 15 is 0 Å². The van der Waals surface area contributed by atoms with Crippen molar-refractivity contribution in [3.05, 3.63) is 40.1 Å². The molecule has 0 unspecified atom stereocenters. The molecular weight excluding hydrogens is 296 g/mol. The molecule has 1 aromatic heterocycles. The molecule has 0 aliphatic carbocycles. The Morgan fingerprint density at radius 2 is 2.06 bits per heavy atom. The van der Waals surface area contributed by atoms with Crippen molar-refractivity contribution < 1.29 is 9.53 Å². The van der Waals surface area contributed by atoms with Crippen LogP contribution in [0.2, 0.25) is 0 Å². The van der Waals surface area contributed by atoms with Gasteiger partial charge in [0.05, 0.1) is 11.6 Å². The number of aldehydes is 1. The Morgan fingerprint density at radius 3 is 2.67 bits per heavy atom. The van der Waals surface area contributed by atoms with Crippen molar-refractivity contribution in [1.29, 1.82) is 0 Å². The van der Waals surface area contributed by atoms with Crippen molar-refractivity contribution in [3.63, 3.8) is 0 Å². The van der Waals surface area contributed by atoms with Crippen LogP contribution >= 0.6 is 15.9 Å². The van der Waals surface area contributed by atoms with Crippen LogP contribution < -0.4 is 4.74 Å².